The largest absolute Gasteiger partial charge is 0.346 e. The van der Waals surface area contributed by atoms with Crippen molar-refractivity contribution in [2.75, 3.05) is 12.4 Å². The standard InChI is InChI=1S/C7H13FO4S/c1-2-4-7(9)12-13(10,11)6-3-5-8/h2-6H2,1H3. The van der Waals surface area contributed by atoms with Crippen molar-refractivity contribution in [1.29, 1.82) is 0 Å². The molecule has 0 aromatic heterocycles. The molecule has 0 rings (SSSR count). The average Bonchev–Trinajstić information content (AvgIpc) is 2.00. The Morgan fingerprint density at radius 2 is 2.08 bits per heavy atom. The smallest absolute Gasteiger partial charge is 0.322 e. The van der Waals surface area contributed by atoms with Gasteiger partial charge in [-0.15, -0.1) is 0 Å². The van der Waals surface area contributed by atoms with Crippen molar-refractivity contribution >= 4 is 16.1 Å². The normalized spacial score (nSPS) is 11.2. The summed E-state index contributed by atoms with van der Waals surface area (Å²) in [7, 11) is -3.85. The van der Waals surface area contributed by atoms with E-state index in [-0.39, 0.29) is 12.8 Å². The van der Waals surface area contributed by atoms with Gasteiger partial charge in [-0.1, -0.05) is 6.92 Å². The van der Waals surface area contributed by atoms with Crippen LogP contribution in [0.2, 0.25) is 0 Å². The molecule has 0 amide bonds. The maximum absolute atomic E-state index is 11.6. The summed E-state index contributed by atoms with van der Waals surface area (Å²) in [4.78, 5) is 10.7. The second-order valence-corrected chi connectivity index (χ2v) is 4.20. The van der Waals surface area contributed by atoms with Gasteiger partial charge in [-0.05, 0) is 12.8 Å². The molecule has 0 atom stereocenters. The van der Waals surface area contributed by atoms with Crippen molar-refractivity contribution in [3.05, 3.63) is 0 Å². The lowest BCUT2D eigenvalue weighted by molar-refractivity contribution is -0.133. The van der Waals surface area contributed by atoms with Gasteiger partial charge in [0, 0.05) is 6.42 Å². The summed E-state index contributed by atoms with van der Waals surface area (Å²) in [5.74, 6) is -1.22. The fraction of sp³-hybridized carbons (Fsp3) is 0.857. The summed E-state index contributed by atoms with van der Waals surface area (Å²) in [6.45, 7) is 1.00. The van der Waals surface area contributed by atoms with Gasteiger partial charge in [0.2, 0.25) is 0 Å². The van der Waals surface area contributed by atoms with Gasteiger partial charge in [0.1, 0.15) is 0 Å². The van der Waals surface area contributed by atoms with E-state index in [0.29, 0.717) is 6.42 Å². The maximum atomic E-state index is 11.6. The summed E-state index contributed by atoms with van der Waals surface area (Å²) in [6.07, 6.45) is 0.452. The second kappa shape index (κ2) is 5.90. The lowest BCUT2D eigenvalue weighted by atomic mass is 10.4. The predicted octanol–water partition coefficient (Wildman–Crippen LogP) is 1.02. The van der Waals surface area contributed by atoms with Crippen LogP contribution in [0.25, 0.3) is 0 Å². The molecule has 0 aliphatic carbocycles. The van der Waals surface area contributed by atoms with Crippen molar-refractivity contribution in [1.82, 2.24) is 0 Å². The van der Waals surface area contributed by atoms with Gasteiger partial charge in [-0.2, -0.15) is 8.42 Å². The summed E-state index contributed by atoms with van der Waals surface area (Å²) < 4.78 is 37.5. The number of hydrogen-bond acceptors (Lipinski definition) is 4. The Labute approximate surface area is 77.2 Å². The molecule has 0 spiro atoms. The first-order valence-corrected chi connectivity index (χ1v) is 5.60. The third-order valence-corrected chi connectivity index (χ3v) is 2.43. The molecule has 0 saturated heterocycles. The van der Waals surface area contributed by atoms with Crippen LogP contribution in [-0.4, -0.2) is 26.8 Å². The highest BCUT2D eigenvalue weighted by atomic mass is 32.2. The van der Waals surface area contributed by atoms with E-state index >= 15 is 0 Å². The Balaban J connectivity index is 3.95. The van der Waals surface area contributed by atoms with Crippen molar-refractivity contribution in [3.8, 4) is 0 Å². The topological polar surface area (TPSA) is 60.4 Å². The molecule has 13 heavy (non-hydrogen) atoms. The Kier molecular flexibility index (Phi) is 5.61. The molecule has 0 aliphatic heterocycles. The molecule has 0 aliphatic rings. The zero-order chi connectivity index (χ0) is 10.3. The second-order valence-electron chi connectivity index (χ2n) is 2.51. The van der Waals surface area contributed by atoms with E-state index in [1.54, 1.807) is 6.92 Å². The molecule has 4 nitrogen and oxygen atoms in total. The maximum Gasteiger partial charge on any atom is 0.322 e. The molecule has 0 aromatic carbocycles. The number of carbonyl (C=O) groups excluding carboxylic acids is 1. The van der Waals surface area contributed by atoms with E-state index in [1.165, 1.54) is 0 Å². The van der Waals surface area contributed by atoms with Crippen LogP contribution < -0.4 is 0 Å². The minimum Gasteiger partial charge on any atom is -0.346 e. The van der Waals surface area contributed by atoms with Gasteiger partial charge in [0.15, 0.2) is 0 Å². The van der Waals surface area contributed by atoms with Crippen LogP contribution in [0.4, 0.5) is 4.39 Å². The third-order valence-electron chi connectivity index (χ3n) is 1.20. The first kappa shape index (κ1) is 12.3. The molecule has 0 saturated carbocycles. The van der Waals surface area contributed by atoms with Crippen LogP contribution in [0.5, 0.6) is 0 Å². The van der Waals surface area contributed by atoms with E-state index in [9.17, 15) is 17.6 Å². The quantitative estimate of drug-likeness (QED) is 0.617. The molecule has 0 heterocycles. The van der Waals surface area contributed by atoms with Gasteiger partial charge < -0.3 is 4.18 Å². The van der Waals surface area contributed by atoms with Crippen molar-refractivity contribution in [2.24, 2.45) is 0 Å². The average molecular weight is 212 g/mol. The molecular formula is C7H13FO4S. The minimum absolute atomic E-state index is 0.0643. The number of carbonyl (C=O) groups is 1. The summed E-state index contributed by atoms with van der Waals surface area (Å²) in [5.41, 5.74) is 0. The number of hydrogen-bond donors (Lipinski definition) is 0. The fourth-order valence-corrected chi connectivity index (χ4v) is 1.57. The van der Waals surface area contributed by atoms with E-state index in [2.05, 4.69) is 4.18 Å². The van der Waals surface area contributed by atoms with E-state index < -0.39 is 28.5 Å². The Morgan fingerprint density at radius 3 is 2.54 bits per heavy atom. The van der Waals surface area contributed by atoms with Crippen LogP contribution in [0, 0.1) is 0 Å². The molecule has 6 heteroatoms. The van der Waals surface area contributed by atoms with E-state index in [0.717, 1.165) is 0 Å². The molecular weight excluding hydrogens is 199 g/mol. The van der Waals surface area contributed by atoms with Crippen LogP contribution in [-0.2, 0) is 19.1 Å². The van der Waals surface area contributed by atoms with Gasteiger partial charge in [-0.3, -0.25) is 9.18 Å². The van der Waals surface area contributed by atoms with Crippen LogP contribution in [0.15, 0.2) is 0 Å². The lowest BCUT2D eigenvalue weighted by Crippen LogP contribution is -2.16. The highest BCUT2D eigenvalue weighted by Crippen LogP contribution is 2.01. The van der Waals surface area contributed by atoms with Gasteiger partial charge in [-0.25, -0.2) is 0 Å². The van der Waals surface area contributed by atoms with Crippen LogP contribution >= 0.6 is 0 Å². The molecule has 0 fully saturated rings. The highest BCUT2D eigenvalue weighted by molar-refractivity contribution is 7.87. The first-order valence-electron chi connectivity index (χ1n) is 4.02. The zero-order valence-electron chi connectivity index (χ0n) is 7.45. The Bertz CT molecular complexity index is 247. The SMILES string of the molecule is CCCC(=O)OS(=O)(=O)CCCF. The van der Waals surface area contributed by atoms with Gasteiger partial charge >= 0.3 is 16.1 Å². The molecule has 0 N–H and O–H groups in total. The van der Waals surface area contributed by atoms with Crippen molar-refractivity contribution in [3.63, 3.8) is 0 Å². The van der Waals surface area contributed by atoms with Crippen LogP contribution in [0.1, 0.15) is 26.2 Å². The minimum atomic E-state index is -3.85. The Morgan fingerprint density at radius 1 is 1.46 bits per heavy atom. The third kappa shape index (κ3) is 6.51. The van der Waals surface area contributed by atoms with Crippen LogP contribution in [0.3, 0.4) is 0 Å². The van der Waals surface area contributed by atoms with E-state index in [4.69, 9.17) is 0 Å². The van der Waals surface area contributed by atoms with Gasteiger partial charge in [0.25, 0.3) is 0 Å². The highest BCUT2D eigenvalue weighted by Gasteiger charge is 2.15. The van der Waals surface area contributed by atoms with Crippen molar-refractivity contribution < 1.29 is 21.8 Å². The zero-order valence-corrected chi connectivity index (χ0v) is 8.27. The molecule has 0 bridgehead atoms. The van der Waals surface area contributed by atoms with E-state index in [1.807, 2.05) is 0 Å². The monoisotopic (exact) mass is 212 g/mol. The molecule has 0 unspecified atom stereocenters. The van der Waals surface area contributed by atoms with Crippen molar-refractivity contribution in [2.45, 2.75) is 26.2 Å². The molecule has 0 aromatic rings. The first-order chi connectivity index (χ1) is 6.02. The lowest BCUT2D eigenvalue weighted by Gasteiger charge is -2.02. The number of rotatable bonds is 6. The number of halogens is 1. The Hall–Kier alpha value is -0.650. The van der Waals surface area contributed by atoms with Gasteiger partial charge in [0.05, 0.1) is 12.4 Å². The summed E-state index contributed by atoms with van der Waals surface area (Å²) in [6, 6.07) is 0. The summed E-state index contributed by atoms with van der Waals surface area (Å²) in [5, 5.41) is 0. The fourth-order valence-electron chi connectivity index (χ4n) is 0.660. The number of alkyl halides is 1. The summed E-state index contributed by atoms with van der Waals surface area (Å²) >= 11 is 0. The molecule has 0 radical (unpaired) electrons. The molecule has 78 valence electrons. The predicted molar refractivity (Wildman–Crippen MR) is 45.4 cm³/mol.